The van der Waals surface area contributed by atoms with E-state index in [4.69, 9.17) is 9.84 Å². The third kappa shape index (κ3) is 6.17. The van der Waals surface area contributed by atoms with Gasteiger partial charge < -0.3 is 20.5 Å². The number of rotatable bonds is 8. The van der Waals surface area contributed by atoms with E-state index in [1.54, 1.807) is 43.3 Å². The van der Waals surface area contributed by atoms with Crippen LogP contribution in [0.25, 0.3) is 0 Å². The highest BCUT2D eigenvalue weighted by Gasteiger charge is 2.44. The lowest BCUT2D eigenvalue weighted by atomic mass is 10.0. The largest absolute Gasteiger partial charge is 0.497 e. The Labute approximate surface area is 203 Å². The predicted molar refractivity (Wildman–Crippen MR) is 124 cm³/mol. The van der Waals surface area contributed by atoms with E-state index in [0.717, 1.165) is 5.01 Å². The van der Waals surface area contributed by atoms with Gasteiger partial charge >= 0.3 is 5.97 Å². The van der Waals surface area contributed by atoms with Gasteiger partial charge in [-0.3, -0.25) is 29.0 Å². The smallest absolute Gasteiger partial charge is 0.305 e. The minimum Gasteiger partial charge on any atom is -0.497 e. The molecule has 1 aromatic rings. The number of amides is 4. The molecular formula is C24H30N4O7. The van der Waals surface area contributed by atoms with Gasteiger partial charge in [-0.2, -0.15) is 0 Å². The molecule has 3 rings (SSSR count). The molecule has 0 spiro atoms. The number of hydrogen-bond acceptors (Lipinski definition) is 6. The van der Waals surface area contributed by atoms with Crippen LogP contribution in [0, 0.1) is 0 Å². The summed E-state index contributed by atoms with van der Waals surface area (Å²) in [6.07, 6.45) is 3.80. The van der Waals surface area contributed by atoms with Crippen LogP contribution in [0.2, 0.25) is 0 Å². The van der Waals surface area contributed by atoms with Crippen LogP contribution in [0.1, 0.15) is 49.4 Å². The van der Waals surface area contributed by atoms with Gasteiger partial charge in [0.25, 0.3) is 11.8 Å². The average molecular weight is 487 g/mol. The summed E-state index contributed by atoms with van der Waals surface area (Å²) in [6.45, 7) is 1.98. The van der Waals surface area contributed by atoms with Crippen molar-refractivity contribution < 1.29 is 33.8 Å². The Morgan fingerprint density at radius 2 is 1.91 bits per heavy atom. The van der Waals surface area contributed by atoms with Gasteiger partial charge in [0.1, 0.15) is 17.8 Å². The SMILES string of the molecule is C/C=C/C(CC(=O)O)NC(=O)C1CCCN2C(=O)CCC(NC(=O)c3ccc(OC)cc3)C(=O)N12. The number of carbonyl (C=O) groups is 5. The molecule has 11 nitrogen and oxygen atoms in total. The van der Waals surface area contributed by atoms with Gasteiger partial charge in [-0.05, 0) is 50.5 Å². The van der Waals surface area contributed by atoms with Crippen LogP contribution in [0.15, 0.2) is 36.4 Å². The summed E-state index contributed by atoms with van der Waals surface area (Å²) < 4.78 is 5.09. The number of carboxylic acids is 1. The molecule has 3 unspecified atom stereocenters. The number of carbonyl (C=O) groups excluding carboxylic acids is 4. The number of fused-ring (bicyclic) bond motifs is 1. The number of carboxylic acid groups (broad SMARTS) is 1. The van der Waals surface area contributed by atoms with Crippen molar-refractivity contribution in [2.45, 2.75) is 57.2 Å². The maximum Gasteiger partial charge on any atom is 0.305 e. The third-order valence-corrected chi connectivity index (χ3v) is 5.97. The maximum absolute atomic E-state index is 13.5. The zero-order valence-electron chi connectivity index (χ0n) is 19.7. The van der Waals surface area contributed by atoms with E-state index < -0.39 is 41.8 Å². The molecule has 0 saturated carbocycles. The van der Waals surface area contributed by atoms with Gasteiger partial charge in [0.15, 0.2) is 0 Å². The zero-order valence-corrected chi connectivity index (χ0v) is 19.7. The highest BCUT2D eigenvalue weighted by molar-refractivity contribution is 5.99. The molecule has 2 fully saturated rings. The van der Waals surface area contributed by atoms with E-state index in [1.165, 1.54) is 12.1 Å². The minimum atomic E-state index is -1.08. The molecule has 3 N–H and O–H groups in total. The Bertz CT molecular complexity index is 1010. The lowest BCUT2D eigenvalue weighted by Gasteiger charge is -2.43. The molecule has 3 atom stereocenters. The van der Waals surface area contributed by atoms with E-state index in [1.807, 2.05) is 0 Å². The van der Waals surface area contributed by atoms with Gasteiger partial charge in [-0.15, -0.1) is 0 Å². The standard InChI is InChI=1S/C24H30N4O7/c1-3-5-16(14-21(30)31)25-23(33)19-6-4-13-27-20(29)12-11-18(24(34)28(19)27)26-22(32)15-7-9-17(35-2)10-8-15/h3,5,7-10,16,18-19H,4,6,11-14H2,1-2H3,(H,25,33)(H,26,32)(H,30,31)/b5-3+. The van der Waals surface area contributed by atoms with Crippen molar-refractivity contribution in [1.29, 1.82) is 0 Å². The van der Waals surface area contributed by atoms with Gasteiger partial charge in [-0.25, -0.2) is 5.01 Å². The second-order valence-corrected chi connectivity index (χ2v) is 8.39. The first-order chi connectivity index (χ1) is 16.7. The number of nitrogens with one attached hydrogen (secondary N) is 2. The summed E-state index contributed by atoms with van der Waals surface area (Å²) in [7, 11) is 1.51. The molecule has 2 aliphatic heterocycles. The van der Waals surface area contributed by atoms with E-state index in [9.17, 15) is 24.0 Å². The number of allylic oxidation sites excluding steroid dienone is 1. The maximum atomic E-state index is 13.5. The normalized spacial score (nSPS) is 21.2. The van der Waals surface area contributed by atoms with E-state index >= 15 is 0 Å². The highest BCUT2D eigenvalue weighted by atomic mass is 16.5. The molecule has 0 aromatic heterocycles. The molecule has 2 aliphatic rings. The summed E-state index contributed by atoms with van der Waals surface area (Å²) in [5.74, 6) is -2.41. The molecule has 11 heteroatoms. The van der Waals surface area contributed by atoms with Crippen LogP contribution in [0.5, 0.6) is 5.75 Å². The zero-order chi connectivity index (χ0) is 25.5. The molecule has 0 aliphatic carbocycles. The van der Waals surface area contributed by atoms with Gasteiger partial charge in [0.05, 0.1) is 19.6 Å². The van der Waals surface area contributed by atoms with Crippen LogP contribution < -0.4 is 15.4 Å². The Balaban J connectivity index is 1.80. The molecular weight excluding hydrogens is 456 g/mol. The summed E-state index contributed by atoms with van der Waals surface area (Å²) in [6, 6.07) is 3.61. The Morgan fingerprint density at radius 1 is 1.20 bits per heavy atom. The first-order valence-electron chi connectivity index (χ1n) is 11.5. The quantitative estimate of drug-likeness (QED) is 0.462. The number of methoxy groups -OCH3 is 1. The fourth-order valence-corrected chi connectivity index (χ4v) is 4.26. The van der Waals surface area contributed by atoms with Crippen molar-refractivity contribution in [1.82, 2.24) is 20.7 Å². The molecule has 0 radical (unpaired) electrons. The van der Waals surface area contributed by atoms with Gasteiger partial charge in [-0.1, -0.05) is 12.2 Å². The first kappa shape index (κ1) is 25.7. The van der Waals surface area contributed by atoms with Gasteiger partial charge in [0.2, 0.25) is 11.8 Å². The molecule has 2 heterocycles. The van der Waals surface area contributed by atoms with E-state index in [0.29, 0.717) is 24.2 Å². The van der Waals surface area contributed by atoms with Gasteiger partial charge in [0, 0.05) is 18.5 Å². The molecule has 0 bridgehead atoms. The van der Waals surface area contributed by atoms with Crippen molar-refractivity contribution in [3.8, 4) is 5.75 Å². The number of hydrogen-bond donors (Lipinski definition) is 3. The molecule has 35 heavy (non-hydrogen) atoms. The Kier molecular flexibility index (Phi) is 8.45. The number of benzene rings is 1. The van der Waals surface area contributed by atoms with Crippen LogP contribution in [0.3, 0.4) is 0 Å². The first-order valence-corrected chi connectivity index (χ1v) is 11.5. The highest BCUT2D eigenvalue weighted by Crippen LogP contribution is 2.25. The lowest BCUT2D eigenvalue weighted by molar-refractivity contribution is -0.176. The van der Waals surface area contributed by atoms with Crippen molar-refractivity contribution in [3.05, 3.63) is 42.0 Å². The number of ether oxygens (including phenoxy) is 1. The van der Waals surface area contributed by atoms with E-state index in [2.05, 4.69) is 10.6 Å². The number of hydrazine groups is 1. The minimum absolute atomic E-state index is 0.0321. The summed E-state index contributed by atoms with van der Waals surface area (Å²) >= 11 is 0. The molecule has 188 valence electrons. The second kappa shape index (κ2) is 11.5. The van der Waals surface area contributed by atoms with Crippen molar-refractivity contribution >= 4 is 29.6 Å². The Morgan fingerprint density at radius 3 is 2.54 bits per heavy atom. The summed E-state index contributed by atoms with van der Waals surface area (Å²) in [4.78, 5) is 63.4. The third-order valence-electron chi connectivity index (χ3n) is 5.97. The van der Waals surface area contributed by atoms with E-state index in [-0.39, 0.29) is 31.7 Å². The van der Waals surface area contributed by atoms with Crippen molar-refractivity contribution in [3.63, 3.8) is 0 Å². The summed E-state index contributed by atoms with van der Waals surface area (Å²) in [5, 5.41) is 16.9. The lowest BCUT2D eigenvalue weighted by Crippen LogP contribution is -2.64. The van der Waals surface area contributed by atoms with Crippen molar-refractivity contribution in [2.24, 2.45) is 0 Å². The van der Waals surface area contributed by atoms with Crippen LogP contribution >= 0.6 is 0 Å². The number of aliphatic carboxylic acids is 1. The van der Waals surface area contributed by atoms with Crippen LogP contribution in [-0.2, 0) is 19.2 Å². The summed E-state index contributed by atoms with van der Waals surface area (Å²) in [5.41, 5.74) is 0.321. The van der Waals surface area contributed by atoms with Crippen LogP contribution in [-0.4, -0.2) is 76.5 Å². The predicted octanol–water partition coefficient (Wildman–Crippen LogP) is 0.858. The number of nitrogens with zero attached hydrogens (tertiary/aromatic N) is 2. The topological polar surface area (TPSA) is 145 Å². The van der Waals surface area contributed by atoms with Crippen LogP contribution in [0.4, 0.5) is 0 Å². The monoisotopic (exact) mass is 486 g/mol. The Hall–Kier alpha value is -3.89. The fourth-order valence-electron chi connectivity index (χ4n) is 4.26. The van der Waals surface area contributed by atoms with Crippen molar-refractivity contribution in [2.75, 3.05) is 13.7 Å². The fraction of sp³-hybridized carbons (Fsp3) is 0.458. The molecule has 4 amide bonds. The average Bonchev–Trinajstić information content (AvgIpc) is 2.95. The molecule has 2 saturated heterocycles. The molecule has 1 aromatic carbocycles. The second-order valence-electron chi connectivity index (χ2n) is 8.39.